The minimum atomic E-state index is -1.43. The second kappa shape index (κ2) is 4.48. The van der Waals surface area contributed by atoms with Crippen molar-refractivity contribution >= 4 is 17.6 Å². The minimum absolute atomic E-state index is 0.0316. The van der Waals surface area contributed by atoms with Gasteiger partial charge in [-0.2, -0.15) is 0 Å². The second-order valence-electron chi connectivity index (χ2n) is 3.02. The number of rotatable bonds is 3. The lowest BCUT2D eigenvalue weighted by molar-refractivity contribution is -0.141. The normalized spacial score (nSPS) is 14.6. The van der Waals surface area contributed by atoms with E-state index >= 15 is 0 Å². The van der Waals surface area contributed by atoms with Gasteiger partial charge in [-0.25, -0.2) is 0 Å². The molecule has 0 bridgehead atoms. The zero-order valence-corrected chi connectivity index (χ0v) is 8.35. The molecule has 0 fully saturated rings. The molecule has 15 heavy (non-hydrogen) atoms. The Bertz CT molecular complexity index is 382. The first-order chi connectivity index (χ1) is 6.93. The zero-order chi connectivity index (χ0) is 11.6. The van der Waals surface area contributed by atoms with Gasteiger partial charge in [0.1, 0.15) is 17.9 Å². The van der Waals surface area contributed by atoms with Crippen LogP contribution in [-0.4, -0.2) is 27.3 Å². The molecule has 2 atom stereocenters. The highest BCUT2D eigenvalue weighted by atomic mass is 35.5. The van der Waals surface area contributed by atoms with Gasteiger partial charge in [-0.15, -0.1) is 0 Å². The Morgan fingerprint density at radius 2 is 2.07 bits per heavy atom. The first-order valence-electron chi connectivity index (χ1n) is 4.08. The highest BCUT2D eigenvalue weighted by molar-refractivity contribution is 6.32. The molecule has 0 saturated heterocycles. The molecule has 0 aliphatic heterocycles. The van der Waals surface area contributed by atoms with E-state index < -0.39 is 18.1 Å². The second-order valence-corrected chi connectivity index (χ2v) is 3.43. The van der Waals surface area contributed by atoms with Crippen LogP contribution in [0, 0.1) is 0 Å². The summed E-state index contributed by atoms with van der Waals surface area (Å²) in [6.07, 6.45) is -1.36. The van der Waals surface area contributed by atoms with E-state index in [0.29, 0.717) is 0 Å². The van der Waals surface area contributed by atoms with Crippen LogP contribution in [0.15, 0.2) is 18.2 Å². The average Bonchev–Trinajstić information content (AvgIpc) is 2.19. The highest BCUT2D eigenvalue weighted by Crippen LogP contribution is 2.27. The third-order valence-corrected chi connectivity index (χ3v) is 2.24. The fourth-order valence-electron chi connectivity index (χ4n) is 1.05. The van der Waals surface area contributed by atoms with Crippen LogP contribution in [0.25, 0.3) is 0 Å². The first-order valence-corrected chi connectivity index (χ1v) is 4.46. The SMILES string of the molecule is N[C@@H](C(=O)O)[C@H](O)c1ccc(O)c(Cl)c1. The van der Waals surface area contributed by atoms with Gasteiger partial charge in [-0.1, -0.05) is 17.7 Å². The Labute approximate surface area is 90.7 Å². The van der Waals surface area contributed by atoms with Gasteiger partial charge in [0.2, 0.25) is 0 Å². The molecule has 0 amide bonds. The minimum Gasteiger partial charge on any atom is -0.506 e. The van der Waals surface area contributed by atoms with Crippen LogP contribution in [0.2, 0.25) is 5.02 Å². The van der Waals surface area contributed by atoms with Crippen molar-refractivity contribution in [3.8, 4) is 5.75 Å². The average molecular weight is 232 g/mol. The number of nitrogens with two attached hydrogens (primary N) is 1. The number of carbonyl (C=O) groups is 1. The Morgan fingerprint density at radius 3 is 2.53 bits per heavy atom. The van der Waals surface area contributed by atoms with Gasteiger partial charge in [0, 0.05) is 0 Å². The van der Waals surface area contributed by atoms with Gasteiger partial charge in [-0.05, 0) is 17.7 Å². The van der Waals surface area contributed by atoms with Crippen molar-refractivity contribution in [2.45, 2.75) is 12.1 Å². The van der Waals surface area contributed by atoms with Crippen molar-refractivity contribution in [2.24, 2.45) is 5.73 Å². The molecule has 82 valence electrons. The summed E-state index contributed by atoms with van der Waals surface area (Å²) < 4.78 is 0. The highest BCUT2D eigenvalue weighted by Gasteiger charge is 2.23. The summed E-state index contributed by atoms with van der Waals surface area (Å²) in [5.74, 6) is -1.46. The summed E-state index contributed by atoms with van der Waals surface area (Å²) in [5, 5.41) is 27.2. The number of aliphatic hydroxyl groups is 1. The Hall–Kier alpha value is -1.30. The standard InChI is InChI=1S/C9H10ClNO4/c10-5-3-4(1-2-6(5)12)8(13)7(11)9(14)15/h1-3,7-8,12-13H,11H2,(H,14,15)/t7-,8-/m1/s1. The summed E-state index contributed by atoms with van der Waals surface area (Å²) in [5.41, 5.74) is 5.47. The lowest BCUT2D eigenvalue weighted by Gasteiger charge is -2.15. The number of hydrogen-bond acceptors (Lipinski definition) is 4. The molecule has 1 rings (SSSR count). The molecule has 1 aromatic rings. The van der Waals surface area contributed by atoms with E-state index in [1.807, 2.05) is 0 Å². The molecule has 0 aliphatic carbocycles. The number of benzene rings is 1. The molecular formula is C9H10ClNO4. The summed E-state index contributed by atoms with van der Waals surface area (Å²) in [4.78, 5) is 10.5. The lowest BCUT2D eigenvalue weighted by atomic mass is 10.0. The number of phenolic OH excluding ortho intramolecular Hbond substituents is 1. The smallest absolute Gasteiger partial charge is 0.323 e. The maximum Gasteiger partial charge on any atom is 0.323 e. The van der Waals surface area contributed by atoms with E-state index in [-0.39, 0.29) is 16.3 Å². The predicted octanol–water partition coefficient (Wildman–Crippen LogP) is 0.491. The molecule has 0 aliphatic rings. The predicted molar refractivity (Wildman–Crippen MR) is 53.7 cm³/mol. The largest absolute Gasteiger partial charge is 0.506 e. The molecule has 0 heterocycles. The van der Waals surface area contributed by atoms with Gasteiger partial charge in [0.15, 0.2) is 0 Å². The van der Waals surface area contributed by atoms with E-state index in [4.69, 9.17) is 27.5 Å². The summed E-state index contributed by atoms with van der Waals surface area (Å²) in [7, 11) is 0. The van der Waals surface area contributed by atoms with E-state index in [1.165, 1.54) is 18.2 Å². The number of aliphatic hydroxyl groups excluding tert-OH is 1. The lowest BCUT2D eigenvalue weighted by Crippen LogP contribution is -2.36. The van der Waals surface area contributed by atoms with Crippen LogP contribution in [-0.2, 0) is 4.79 Å². The monoisotopic (exact) mass is 231 g/mol. The molecule has 0 unspecified atom stereocenters. The van der Waals surface area contributed by atoms with Crippen LogP contribution in [0.5, 0.6) is 5.75 Å². The van der Waals surface area contributed by atoms with Crippen molar-refractivity contribution in [3.63, 3.8) is 0 Å². The van der Waals surface area contributed by atoms with Crippen molar-refractivity contribution in [1.29, 1.82) is 0 Å². The number of halogens is 1. The fraction of sp³-hybridized carbons (Fsp3) is 0.222. The molecular weight excluding hydrogens is 222 g/mol. The van der Waals surface area contributed by atoms with E-state index in [0.717, 1.165) is 0 Å². The van der Waals surface area contributed by atoms with Gasteiger partial charge in [0.25, 0.3) is 0 Å². The molecule has 5 nitrogen and oxygen atoms in total. The maximum atomic E-state index is 10.5. The summed E-state index contributed by atoms with van der Waals surface area (Å²) in [6.45, 7) is 0. The number of aliphatic carboxylic acids is 1. The molecule has 0 aromatic heterocycles. The summed E-state index contributed by atoms with van der Waals surface area (Å²) >= 11 is 5.59. The van der Waals surface area contributed by atoms with Crippen molar-refractivity contribution in [1.82, 2.24) is 0 Å². The van der Waals surface area contributed by atoms with Crippen LogP contribution >= 0.6 is 11.6 Å². The van der Waals surface area contributed by atoms with Gasteiger partial charge < -0.3 is 21.1 Å². The molecule has 0 saturated carbocycles. The maximum absolute atomic E-state index is 10.5. The van der Waals surface area contributed by atoms with Crippen LogP contribution in [0.3, 0.4) is 0 Å². The molecule has 5 N–H and O–H groups in total. The van der Waals surface area contributed by atoms with Crippen molar-refractivity contribution in [2.75, 3.05) is 0 Å². The quantitative estimate of drug-likeness (QED) is 0.606. The van der Waals surface area contributed by atoms with Crippen LogP contribution in [0.1, 0.15) is 11.7 Å². The zero-order valence-electron chi connectivity index (χ0n) is 7.59. The molecule has 0 radical (unpaired) electrons. The van der Waals surface area contributed by atoms with Crippen molar-refractivity contribution in [3.05, 3.63) is 28.8 Å². The number of aromatic hydroxyl groups is 1. The molecule has 0 spiro atoms. The van der Waals surface area contributed by atoms with Gasteiger partial charge in [-0.3, -0.25) is 4.79 Å². The number of hydrogen-bond donors (Lipinski definition) is 4. The van der Waals surface area contributed by atoms with Crippen LogP contribution < -0.4 is 5.73 Å². The van der Waals surface area contributed by atoms with Gasteiger partial charge >= 0.3 is 5.97 Å². The molecule has 1 aromatic carbocycles. The van der Waals surface area contributed by atoms with Gasteiger partial charge in [0.05, 0.1) is 5.02 Å². The first kappa shape index (κ1) is 11.8. The number of phenols is 1. The molecule has 6 heteroatoms. The van der Waals surface area contributed by atoms with Crippen molar-refractivity contribution < 1.29 is 20.1 Å². The third kappa shape index (κ3) is 2.59. The Balaban J connectivity index is 2.96. The van der Waals surface area contributed by atoms with E-state index in [2.05, 4.69) is 0 Å². The topological polar surface area (TPSA) is 104 Å². The third-order valence-electron chi connectivity index (χ3n) is 1.94. The number of carboxylic acids is 1. The fourth-order valence-corrected chi connectivity index (χ4v) is 1.24. The number of carboxylic acid groups (broad SMARTS) is 1. The van der Waals surface area contributed by atoms with E-state index in [1.54, 1.807) is 0 Å². The summed E-state index contributed by atoms with van der Waals surface area (Å²) in [6, 6.07) is 2.46. The Kier molecular flexibility index (Phi) is 3.52. The van der Waals surface area contributed by atoms with E-state index in [9.17, 15) is 9.90 Å². The van der Waals surface area contributed by atoms with Crippen LogP contribution in [0.4, 0.5) is 0 Å². The Morgan fingerprint density at radius 1 is 1.47 bits per heavy atom.